The van der Waals surface area contributed by atoms with Gasteiger partial charge in [-0.05, 0) is 43.3 Å². The number of hydrogen-bond acceptors (Lipinski definition) is 4. The zero-order valence-electron chi connectivity index (χ0n) is 13.9. The summed E-state index contributed by atoms with van der Waals surface area (Å²) in [6.45, 7) is 1.81. The van der Waals surface area contributed by atoms with Crippen LogP contribution in [-0.2, 0) is 4.79 Å². The topological polar surface area (TPSA) is 54.9 Å². The molecule has 4 nitrogen and oxygen atoms in total. The summed E-state index contributed by atoms with van der Waals surface area (Å²) in [4.78, 5) is 20.7. The number of hydrogen-bond donors (Lipinski definition) is 1. The first-order valence-electron chi connectivity index (χ1n) is 7.79. The molecule has 0 radical (unpaired) electrons. The zero-order valence-corrected chi connectivity index (χ0v) is 14.7. The Bertz CT molecular complexity index is 950. The molecule has 1 N–H and O–H groups in total. The SMILES string of the molecule is Cc1cc(SCC(=O)Nc2cccc(F)c2)nc(-c2cccc(F)c2)n1. The summed E-state index contributed by atoms with van der Waals surface area (Å²) >= 11 is 1.23. The van der Waals surface area contributed by atoms with Gasteiger partial charge in [0.1, 0.15) is 16.7 Å². The molecule has 0 saturated heterocycles. The average molecular weight is 371 g/mol. The van der Waals surface area contributed by atoms with Gasteiger partial charge in [-0.3, -0.25) is 4.79 Å². The molecule has 0 atom stereocenters. The summed E-state index contributed by atoms with van der Waals surface area (Å²) in [6, 6.07) is 13.5. The molecule has 0 unspecified atom stereocenters. The van der Waals surface area contributed by atoms with E-state index in [1.54, 1.807) is 31.2 Å². The van der Waals surface area contributed by atoms with Crippen molar-refractivity contribution >= 4 is 23.4 Å². The Morgan fingerprint density at radius 2 is 1.77 bits per heavy atom. The summed E-state index contributed by atoms with van der Waals surface area (Å²) in [5.41, 5.74) is 1.68. The lowest BCUT2D eigenvalue weighted by atomic mass is 10.2. The number of thioether (sulfide) groups is 1. The van der Waals surface area contributed by atoms with Crippen molar-refractivity contribution in [3.63, 3.8) is 0 Å². The van der Waals surface area contributed by atoms with Gasteiger partial charge in [0, 0.05) is 16.9 Å². The number of carbonyl (C=O) groups is 1. The normalized spacial score (nSPS) is 10.6. The van der Waals surface area contributed by atoms with E-state index < -0.39 is 5.82 Å². The number of benzene rings is 2. The van der Waals surface area contributed by atoms with Crippen LogP contribution in [-0.4, -0.2) is 21.6 Å². The zero-order chi connectivity index (χ0) is 18.5. The lowest BCUT2D eigenvalue weighted by Crippen LogP contribution is -2.14. The van der Waals surface area contributed by atoms with Crippen LogP contribution in [0.2, 0.25) is 0 Å². The van der Waals surface area contributed by atoms with Gasteiger partial charge >= 0.3 is 0 Å². The second-order valence-electron chi connectivity index (χ2n) is 5.53. The molecule has 3 rings (SSSR count). The summed E-state index contributed by atoms with van der Waals surface area (Å²) in [5, 5.41) is 3.23. The maximum Gasteiger partial charge on any atom is 0.234 e. The van der Waals surface area contributed by atoms with E-state index in [2.05, 4.69) is 15.3 Å². The van der Waals surface area contributed by atoms with Gasteiger partial charge in [0.2, 0.25) is 5.91 Å². The van der Waals surface area contributed by atoms with Crippen LogP contribution >= 0.6 is 11.8 Å². The number of aryl methyl sites for hydroxylation is 1. The second kappa shape index (κ2) is 8.05. The first-order chi connectivity index (χ1) is 12.5. The Morgan fingerprint density at radius 1 is 1.04 bits per heavy atom. The van der Waals surface area contributed by atoms with Crippen molar-refractivity contribution in [1.29, 1.82) is 0 Å². The van der Waals surface area contributed by atoms with Gasteiger partial charge in [-0.15, -0.1) is 0 Å². The van der Waals surface area contributed by atoms with E-state index in [-0.39, 0.29) is 17.5 Å². The Morgan fingerprint density at radius 3 is 2.50 bits per heavy atom. The highest BCUT2D eigenvalue weighted by molar-refractivity contribution is 7.99. The first-order valence-corrected chi connectivity index (χ1v) is 8.78. The van der Waals surface area contributed by atoms with E-state index in [1.165, 1.54) is 42.1 Å². The van der Waals surface area contributed by atoms with Gasteiger partial charge in [0.25, 0.3) is 0 Å². The van der Waals surface area contributed by atoms with Crippen LogP contribution < -0.4 is 5.32 Å². The van der Waals surface area contributed by atoms with Gasteiger partial charge < -0.3 is 5.32 Å². The molecule has 0 aliphatic carbocycles. The van der Waals surface area contributed by atoms with Crippen LogP contribution in [0.3, 0.4) is 0 Å². The molecular formula is C19H15F2N3OS. The molecule has 0 fully saturated rings. The molecule has 0 bridgehead atoms. The quantitative estimate of drug-likeness (QED) is 0.531. The van der Waals surface area contributed by atoms with Crippen molar-refractivity contribution in [3.05, 3.63) is 71.9 Å². The van der Waals surface area contributed by atoms with Crippen LogP contribution in [0.5, 0.6) is 0 Å². The standard InChI is InChI=1S/C19H15F2N3OS/c1-12-8-18(24-19(22-12)13-4-2-5-14(20)9-13)26-11-17(25)23-16-7-3-6-15(21)10-16/h2-10H,11H2,1H3,(H,23,25). The van der Waals surface area contributed by atoms with E-state index >= 15 is 0 Å². The highest BCUT2D eigenvalue weighted by Crippen LogP contribution is 2.22. The molecule has 132 valence electrons. The minimum absolute atomic E-state index is 0.107. The number of carbonyl (C=O) groups excluding carboxylic acids is 1. The van der Waals surface area contributed by atoms with Crippen molar-refractivity contribution in [2.75, 3.05) is 11.1 Å². The third kappa shape index (κ3) is 4.86. The number of amides is 1. The number of anilines is 1. The predicted octanol–water partition coefficient (Wildman–Crippen LogP) is 4.46. The smallest absolute Gasteiger partial charge is 0.234 e. The minimum atomic E-state index is -0.415. The van der Waals surface area contributed by atoms with Crippen LogP contribution in [0.15, 0.2) is 59.6 Å². The van der Waals surface area contributed by atoms with E-state index in [1.807, 2.05) is 0 Å². The molecule has 0 spiro atoms. The Hall–Kier alpha value is -2.80. The molecule has 1 amide bonds. The fourth-order valence-electron chi connectivity index (χ4n) is 2.27. The summed E-state index contributed by atoms with van der Waals surface area (Å²) in [7, 11) is 0. The molecule has 2 aromatic carbocycles. The molecule has 0 saturated carbocycles. The molecular weight excluding hydrogens is 356 g/mol. The third-order valence-electron chi connectivity index (χ3n) is 3.37. The molecule has 3 aromatic rings. The summed E-state index contributed by atoms with van der Waals surface area (Å²) in [6.07, 6.45) is 0. The molecule has 26 heavy (non-hydrogen) atoms. The van der Waals surface area contributed by atoms with Crippen molar-refractivity contribution < 1.29 is 13.6 Å². The van der Waals surface area contributed by atoms with Crippen molar-refractivity contribution in [2.45, 2.75) is 11.9 Å². The van der Waals surface area contributed by atoms with Gasteiger partial charge in [0.15, 0.2) is 5.82 Å². The van der Waals surface area contributed by atoms with Crippen molar-refractivity contribution in [2.24, 2.45) is 0 Å². The van der Waals surface area contributed by atoms with Crippen molar-refractivity contribution in [3.8, 4) is 11.4 Å². The van der Waals surface area contributed by atoms with Gasteiger partial charge in [0.05, 0.1) is 5.75 Å². The summed E-state index contributed by atoms with van der Waals surface area (Å²) in [5.74, 6) is -0.546. The number of nitrogens with zero attached hydrogens (tertiary/aromatic N) is 2. The van der Waals surface area contributed by atoms with Crippen LogP contribution in [0, 0.1) is 18.6 Å². The van der Waals surface area contributed by atoms with E-state index in [4.69, 9.17) is 0 Å². The number of halogens is 2. The molecule has 1 heterocycles. The minimum Gasteiger partial charge on any atom is -0.325 e. The monoisotopic (exact) mass is 371 g/mol. The van der Waals surface area contributed by atoms with Crippen molar-refractivity contribution in [1.82, 2.24) is 9.97 Å². The highest BCUT2D eigenvalue weighted by Gasteiger charge is 2.09. The summed E-state index contributed by atoms with van der Waals surface area (Å²) < 4.78 is 26.5. The Kier molecular flexibility index (Phi) is 5.58. The van der Waals surface area contributed by atoms with Crippen LogP contribution in [0.4, 0.5) is 14.5 Å². The lowest BCUT2D eigenvalue weighted by Gasteiger charge is -2.07. The number of rotatable bonds is 5. The highest BCUT2D eigenvalue weighted by atomic mass is 32.2. The van der Waals surface area contributed by atoms with Gasteiger partial charge in [-0.2, -0.15) is 0 Å². The molecule has 7 heteroatoms. The van der Waals surface area contributed by atoms with Crippen LogP contribution in [0.25, 0.3) is 11.4 Å². The largest absolute Gasteiger partial charge is 0.325 e. The molecule has 0 aliphatic rings. The predicted molar refractivity (Wildman–Crippen MR) is 97.9 cm³/mol. The van der Waals surface area contributed by atoms with Crippen LogP contribution in [0.1, 0.15) is 5.69 Å². The van der Waals surface area contributed by atoms with Gasteiger partial charge in [-0.1, -0.05) is 30.0 Å². The average Bonchev–Trinajstić information content (AvgIpc) is 2.59. The number of nitrogens with one attached hydrogen (secondary N) is 1. The van der Waals surface area contributed by atoms with Gasteiger partial charge in [-0.25, -0.2) is 18.7 Å². The fourth-order valence-corrected chi connectivity index (χ4v) is 3.03. The maximum atomic E-state index is 13.4. The Labute approximate surface area is 153 Å². The molecule has 0 aliphatic heterocycles. The second-order valence-corrected chi connectivity index (χ2v) is 6.52. The first kappa shape index (κ1) is 18.0. The molecule has 1 aromatic heterocycles. The lowest BCUT2D eigenvalue weighted by molar-refractivity contribution is -0.113. The van der Waals surface area contributed by atoms with E-state index in [0.29, 0.717) is 27.8 Å². The number of aromatic nitrogens is 2. The fraction of sp³-hybridized carbons (Fsp3) is 0.105. The Balaban J connectivity index is 1.69. The maximum absolute atomic E-state index is 13.4. The third-order valence-corrected chi connectivity index (χ3v) is 4.28. The van der Waals surface area contributed by atoms with E-state index in [0.717, 1.165) is 0 Å². The van der Waals surface area contributed by atoms with E-state index in [9.17, 15) is 13.6 Å².